The van der Waals surface area contributed by atoms with E-state index in [0.717, 1.165) is 5.56 Å². The number of thiazole rings is 1. The number of carbonyl (C=O) groups is 1. The first-order valence-electron chi connectivity index (χ1n) is 5.38. The number of rotatable bonds is 4. The van der Waals surface area contributed by atoms with Gasteiger partial charge in [-0.15, -0.1) is 11.3 Å². The average Bonchev–Trinajstić information content (AvgIpc) is 2.83. The molecule has 0 spiro atoms. The molecule has 1 atom stereocenters. The van der Waals surface area contributed by atoms with Crippen molar-refractivity contribution < 1.29 is 9.90 Å². The summed E-state index contributed by atoms with van der Waals surface area (Å²) in [5.74, 6) is -0.342. The second-order valence-corrected chi connectivity index (χ2v) is 4.58. The highest BCUT2D eigenvalue weighted by molar-refractivity contribution is 7.13. The molecular formula is C12H13N3O2S. The van der Waals surface area contributed by atoms with E-state index in [9.17, 15) is 9.90 Å². The lowest BCUT2D eigenvalue weighted by atomic mass is 10.1. The van der Waals surface area contributed by atoms with Crippen molar-refractivity contribution in [1.29, 1.82) is 0 Å². The van der Waals surface area contributed by atoms with Gasteiger partial charge < -0.3 is 16.2 Å². The molecule has 0 aliphatic carbocycles. The summed E-state index contributed by atoms with van der Waals surface area (Å²) in [6, 6.07) is 8.82. The van der Waals surface area contributed by atoms with Crippen LogP contribution < -0.4 is 11.1 Å². The Kier molecular flexibility index (Phi) is 3.91. The van der Waals surface area contributed by atoms with Gasteiger partial charge in [0.05, 0.1) is 12.6 Å². The molecule has 0 aliphatic heterocycles. The summed E-state index contributed by atoms with van der Waals surface area (Å²) >= 11 is 1.21. The summed E-state index contributed by atoms with van der Waals surface area (Å²) in [4.78, 5) is 15.8. The Bertz CT molecular complexity index is 527. The molecule has 0 unspecified atom stereocenters. The minimum absolute atomic E-state index is 0.171. The zero-order valence-corrected chi connectivity index (χ0v) is 10.4. The third kappa shape index (κ3) is 2.85. The maximum atomic E-state index is 11.9. The van der Waals surface area contributed by atoms with Gasteiger partial charge in [-0.2, -0.15) is 0 Å². The van der Waals surface area contributed by atoms with Crippen molar-refractivity contribution in [1.82, 2.24) is 10.3 Å². The van der Waals surface area contributed by atoms with Gasteiger partial charge in [0.1, 0.15) is 5.69 Å². The zero-order chi connectivity index (χ0) is 13.0. The van der Waals surface area contributed by atoms with Gasteiger partial charge in [0.2, 0.25) is 0 Å². The number of aromatic nitrogens is 1. The normalized spacial score (nSPS) is 12.1. The number of hydrogen-bond donors (Lipinski definition) is 3. The summed E-state index contributed by atoms with van der Waals surface area (Å²) in [6.45, 7) is -0.171. The minimum atomic E-state index is -0.443. The van der Waals surface area contributed by atoms with Crippen LogP contribution in [0.5, 0.6) is 0 Å². The quantitative estimate of drug-likeness (QED) is 0.773. The maximum absolute atomic E-state index is 11.9. The van der Waals surface area contributed by atoms with Gasteiger partial charge in [-0.25, -0.2) is 4.98 Å². The number of nitrogens with zero attached hydrogens (tertiary/aromatic N) is 1. The van der Waals surface area contributed by atoms with Crippen LogP contribution in [0.15, 0.2) is 35.7 Å². The highest BCUT2D eigenvalue weighted by Crippen LogP contribution is 2.15. The van der Waals surface area contributed by atoms with Crippen LogP contribution in [0.4, 0.5) is 5.13 Å². The summed E-state index contributed by atoms with van der Waals surface area (Å²) in [7, 11) is 0. The number of benzene rings is 1. The molecule has 0 saturated heterocycles. The monoisotopic (exact) mass is 263 g/mol. The molecule has 1 aromatic carbocycles. The third-order valence-corrected chi connectivity index (χ3v) is 3.12. The molecule has 5 nitrogen and oxygen atoms in total. The van der Waals surface area contributed by atoms with E-state index < -0.39 is 6.04 Å². The fraction of sp³-hybridized carbons (Fsp3) is 0.167. The lowest BCUT2D eigenvalue weighted by molar-refractivity contribution is 0.0912. The topological polar surface area (TPSA) is 88.2 Å². The third-order valence-electron chi connectivity index (χ3n) is 2.44. The Hall–Kier alpha value is -1.92. The molecule has 0 bridgehead atoms. The maximum Gasteiger partial charge on any atom is 0.271 e. The zero-order valence-electron chi connectivity index (χ0n) is 9.54. The van der Waals surface area contributed by atoms with Gasteiger partial charge >= 0.3 is 0 Å². The summed E-state index contributed by atoms with van der Waals surface area (Å²) in [5, 5.41) is 14.0. The summed E-state index contributed by atoms with van der Waals surface area (Å²) < 4.78 is 0. The van der Waals surface area contributed by atoms with Crippen molar-refractivity contribution in [2.75, 3.05) is 12.3 Å². The smallest absolute Gasteiger partial charge is 0.271 e. The molecule has 1 amide bonds. The predicted octanol–water partition coefficient (Wildman–Crippen LogP) is 1.19. The molecule has 0 aliphatic rings. The van der Waals surface area contributed by atoms with Gasteiger partial charge in [-0.1, -0.05) is 30.3 Å². The van der Waals surface area contributed by atoms with E-state index in [2.05, 4.69) is 10.3 Å². The van der Waals surface area contributed by atoms with E-state index in [4.69, 9.17) is 5.73 Å². The van der Waals surface area contributed by atoms with E-state index in [1.54, 1.807) is 5.38 Å². The Labute approximate surface area is 108 Å². The number of nitrogens with one attached hydrogen (secondary N) is 1. The first-order valence-corrected chi connectivity index (χ1v) is 6.26. The molecular weight excluding hydrogens is 250 g/mol. The van der Waals surface area contributed by atoms with E-state index in [1.807, 2.05) is 30.3 Å². The van der Waals surface area contributed by atoms with Crippen molar-refractivity contribution in [3.05, 3.63) is 47.0 Å². The van der Waals surface area contributed by atoms with E-state index >= 15 is 0 Å². The van der Waals surface area contributed by atoms with Crippen molar-refractivity contribution in [2.24, 2.45) is 0 Å². The van der Waals surface area contributed by atoms with Gasteiger partial charge in [0.25, 0.3) is 5.91 Å². The predicted molar refractivity (Wildman–Crippen MR) is 70.3 cm³/mol. The Balaban J connectivity index is 2.10. The highest BCUT2D eigenvalue weighted by atomic mass is 32.1. The number of amides is 1. The van der Waals surface area contributed by atoms with E-state index in [1.165, 1.54) is 11.3 Å². The summed E-state index contributed by atoms with van der Waals surface area (Å²) in [5.41, 5.74) is 6.58. The van der Waals surface area contributed by atoms with Crippen molar-refractivity contribution in [2.45, 2.75) is 6.04 Å². The van der Waals surface area contributed by atoms with E-state index in [-0.39, 0.29) is 18.2 Å². The Morgan fingerprint density at radius 2 is 2.17 bits per heavy atom. The molecule has 1 heterocycles. The Morgan fingerprint density at radius 3 is 2.72 bits per heavy atom. The van der Waals surface area contributed by atoms with Crippen LogP contribution in [-0.4, -0.2) is 22.6 Å². The van der Waals surface area contributed by atoms with Crippen LogP contribution in [0.3, 0.4) is 0 Å². The largest absolute Gasteiger partial charge is 0.394 e. The first-order chi connectivity index (χ1) is 8.70. The number of nitrogen functional groups attached to an aromatic ring is 1. The molecule has 2 aromatic rings. The van der Waals surface area contributed by atoms with Gasteiger partial charge in [0.15, 0.2) is 5.13 Å². The number of nitrogens with two attached hydrogens (primary N) is 1. The molecule has 0 saturated carbocycles. The molecule has 94 valence electrons. The van der Waals surface area contributed by atoms with E-state index in [0.29, 0.717) is 5.13 Å². The van der Waals surface area contributed by atoms with Crippen LogP contribution in [0.2, 0.25) is 0 Å². The van der Waals surface area contributed by atoms with Gasteiger partial charge in [-0.05, 0) is 5.56 Å². The van der Waals surface area contributed by atoms with Crippen LogP contribution in [-0.2, 0) is 0 Å². The van der Waals surface area contributed by atoms with Crippen molar-refractivity contribution >= 4 is 22.4 Å². The molecule has 2 rings (SSSR count). The molecule has 1 aromatic heterocycles. The molecule has 4 N–H and O–H groups in total. The highest BCUT2D eigenvalue weighted by Gasteiger charge is 2.16. The fourth-order valence-electron chi connectivity index (χ4n) is 1.54. The summed E-state index contributed by atoms with van der Waals surface area (Å²) in [6.07, 6.45) is 0. The van der Waals surface area contributed by atoms with Crippen LogP contribution in [0, 0.1) is 0 Å². The lowest BCUT2D eigenvalue weighted by Crippen LogP contribution is -2.31. The van der Waals surface area contributed by atoms with Crippen LogP contribution in [0.25, 0.3) is 0 Å². The number of aliphatic hydroxyl groups is 1. The molecule has 18 heavy (non-hydrogen) atoms. The molecule has 0 fully saturated rings. The van der Waals surface area contributed by atoms with Gasteiger partial charge in [0, 0.05) is 5.38 Å². The second kappa shape index (κ2) is 5.61. The number of hydrogen-bond acceptors (Lipinski definition) is 5. The lowest BCUT2D eigenvalue weighted by Gasteiger charge is -2.15. The average molecular weight is 263 g/mol. The van der Waals surface area contributed by atoms with Crippen molar-refractivity contribution in [3.63, 3.8) is 0 Å². The minimum Gasteiger partial charge on any atom is -0.394 e. The first kappa shape index (κ1) is 12.5. The van der Waals surface area contributed by atoms with Crippen molar-refractivity contribution in [3.8, 4) is 0 Å². The van der Waals surface area contributed by atoms with Crippen LogP contribution in [0.1, 0.15) is 22.1 Å². The standard InChI is InChI=1S/C12H13N3O2S/c13-12-15-10(7-18-12)11(17)14-9(6-16)8-4-2-1-3-5-8/h1-5,7,9,16H,6H2,(H2,13,15)(H,14,17)/t9-/m1/s1. The SMILES string of the molecule is Nc1nc(C(=O)N[C@H](CO)c2ccccc2)cs1. The number of anilines is 1. The second-order valence-electron chi connectivity index (χ2n) is 3.69. The molecule has 0 radical (unpaired) electrons. The Morgan fingerprint density at radius 1 is 1.44 bits per heavy atom. The number of aliphatic hydroxyl groups excluding tert-OH is 1. The number of carbonyl (C=O) groups excluding carboxylic acids is 1. The van der Waals surface area contributed by atoms with Gasteiger partial charge in [-0.3, -0.25) is 4.79 Å². The van der Waals surface area contributed by atoms with Crippen LogP contribution >= 0.6 is 11.3 Å². The fourth-order valence-corrected chi connectivity index (χ4v) is 2.09. The molecule has 6 heteroatoms.